The number of nitrogens with zero attached hydrogens (tertiary/aromatic N) is 3. The molecular weight excluding hydrogens is 214 g/mol. The van der Waals surface area contributed by atoms with E-state index in [9.17, 15) is 0 Å². The minimum atomic E-state index is 0.322. The van der Waals surface area contributed by atoms with Gasteiger partial charge in [-0.15, -0.1) is 0 Å². The van der Waals surface area contributed by atoms with Crippen molar-refractivity contribution in [2.24, 2.45) is 5.92 Å². The standard InChI is InChI=1S/C13H23N3O/c1-4-16-11(3)13(10(2)14-16)8-15-6-5-12(7-15)9-17/h12,17H,4-9H2,1-3H3. The van der Waals surface area contributed by atoms with Crippen molar-refractivity contribution < 1.29 is 5.11 Å². The van der Waals surface area contributed by atoms with Crippen molar-refractivity contribution in [3.05, 3.63) is 17.0 Å². The summed E-state index contributed by atoms with van der Waals surface area (Å²) in [5.41, 5.74) is 3.81. The summed E-state index contributed by atoms with van der Waals surface area (Å²) in [6.07, 6.45) is 1.12. The van der Waals surface area contributed by atoms with Gasteiger partial charge in [0.25, 0.3) is 0 Å². The monoisotopic (exact) mass is 237 g/mol. The summed E-state index contributed by atoms with van der Waals surface area (Å²) in [5.74, 6) is 0.469. The molecule has 1 aromatic rings. The summed E-state index contributed by atoms with van der Waals surface area (Å²) in [6, 6.07) is 0. The fourth-order valence-corrected chi connectivity index (χ4v) is 2.70. The quantitative estimate of drug-likeness (QED) is 0.859. The lowest BCUT2D eigenvalue weighted by atomic mass is 10.1. The van der Waals surface area contributed by atoms with Gasteiger partial charge in [0.15, 0.2) is 0 Å². The Kier molecular flexibility index (Phi) is 3.84. The second-order valence-corrected chi connectivity index (χ2v) is 5.04. The zero-order chi connectivity index (χ0) is 12.4. The van der Waals surface area contributed by atoms with E-state index in [1.807, 2.05) is 0 Å². The molecule has 0 amide bonds. The molecule has 0 saturated carbocycles. The molecule has 0 bridgehead atoms. The lowest BCUT2D eigenvalue weighted by molar-refractivity contribution is 0.220. The predicted molar refractivity (Wildman–Crippen MR) is 67.8 cm³/mol. The Hall–Kier alpha value is -0.870. The molecular formula is C13H23N3O. The molecule has 17 heavy (non-hydrogen) atoms. The topological polar surface area (TPSA) is 41.3 Å². The first-order chi connectivity index (χ1) is 8.15. The molecule has 0 radical (unpaired) electrons. The van der Waals surface area contributed by atoms with E-state index in [1.165, 1.54) is 11.3 Å². The van der Waals surface area contributed by atoms with Crippen LogP contribution in [0.4, 0.5) is 0 Å². The first-order valence-electron chi connectivity index (χ1n) is 6.51. The van der Waals surface area contributed by atoms with Crippen LogP contribution in [0.5, 0.6) is 0 Å². The van der Waals surface area contributed by atoms with E-state index in [-0.39, 0.29) is 0 Å². The minimum absolute atomic E-state index is 0.322. The highest BCUT2D eigenvalue weighted by atomic mass is 16.3. The van der Waals surface area contributed by atoms with Crippen molar-refractivity contribution in [2.75, 3.05) is 19.7 Å². The number of likely N-dealkylation sites (tertiary alicyclic amines) is 1. The van der Waals surface area contributed by atoms with Gasteiger partial charge in [0.2, 0.25) is 0 Å². The van der Waals surface area contributed by atoms with Crippen LogP contribution < -0.4 is 0 Å². The van der Waals surface area contributed by atoms with Crippen LogP contribution in [0.2, 0.25) is 0 Å². The molecule has 1 fully saturated rings. The van der Waals surface area contributed by atoms with E-state index >= 15 is 0 Å². The number of aryl methyl sites for hydroxylation is 2. The third-order valence-corrected chi connectivity index (χ3v) is 3.84. The zero-order valence-corrected chi connectivity index (χ0v) is 11.1. The molecule has 4 heteroatoms. The molecule has 1 aliphatic rings. The van der Waals surface area contributed by atoms with Gasteiger partial charge < -0.3 is 5.11 Å². The predicted octanol–water partition coefficient (Wildman–Crippen LogP) is 1.33. The Balaban J connectivity index is 2.06. The van der Waals surface area contributed by atoms with Gasteiger partial charge in [-0.05, 0) is 39.7 Å². The van der Waals surface area contributed by atoms with Crippen molar-refractivity contribution in [2.45, 2.75) is 40.3 Å². The molecule has 1 aliphatic heterocycles. The van der Waals surface area contributed by atoms with Gasteiger partial charge in [0.1, 0.15) is 0 Å². The first kappa shape index (κ1) is 12.6. The van der Waals surface area contributed by atoms with Gasteiger partial charge in [-0.2, -0.15) is 5.10 Å². The van der Waals surface area contributed by atoms with Crippen LogP contribution in [0.25, 0.3) is 0 Å². The summed E-state index contributed by atoms with van der Waals surface area (Å²) in [6.45, 7) is 10.7. The number of aliphatic hydroxyl groups excluding tert-OH is 1. The van der Waals surface area contributed by atoms with Gasteiger partial charge in [-0.25, -0.2) is 0 Å². The summed E-state index contributed by atoms with van der Waals surface area (Å²) >= 11 is 0. The fourth-order valence-electron chi connectivity index (χ4n) is 2.70. The number of aliphatic hydroxyl groups is 1. The van der Waals surface area contributed by atoms with E-state index in [1.54, 1.807) is 0 Å². The lowest BCUT2D eigenvalue weighted by Gasteiger charge is -2.15. The van der Waals surface area contributed by atoms with E-state index in [2.05, 4.69) is 35.5 Å². The average Bonchev–Trinajstić information content (AvgIpc) is 2.88. The molecule has 4 nitrogen and oxygen atoms in total. The molecule has 1 aromatic heterocycles. The molecule has 1 atom stereocenters. The van der Waals surface area contributed by atoms with E-state index < -0.39 is 0 Å². The van der Waals surface area contributed by atoms with Crippen molar-refractivity contribution in [3.63, 3.8) is 0 Å². The van der Waals surface area contributed by atoms with Gasteiger partial charge in [-0.1, -0.05) is 0 Å². The van der Waals surface area contributed by atoms with Crippen LogP contribution in [0.3, 0.4) is 0 Å². The first-order valence-corrected chi connectivity index (χ1v) is 6.51. The van der Waals surface area contributed by atoms with Crippen molar-refractivity contribution in [3.8, 4) is 0 Å². The number of hydrogen-bond acceptors (Lipinski definition) is 3. The molecule has 1 N–H and O–H groups in total. The highest BCUT2D eigenvalue weighted by Crippen LogP contribution is 2.21. The minimum Gasteiger partial charge on any atom is -0.396 e. The van der Waals surface area contributed by atoms with Crippen LogP contribution in [0.1, 0.15) is 30.3 Å². The Labute approximate surface area is 103 Å². The maximum Gasteiger partial charge on any atom is 0.0641 e. The smallest absolute Gasteiger partial charge is 0.0641 e. The zero-order valence-electron chi connectivity index (χ0n) is 11.1. The Morgan fingerprint density at radius 2 is 2.18 bits per heavy atom. The number of rotatable bonds is 4. The normalized spacial score (nSPS) is 21.3. The molecule has 2 rings (SSSR count). The van der Waals surface area contributed by atoms with E-state index in [0.717, 1.165) is 38.3 Å². The molecule has 1 unspecified atom stereocenters. The second kappa shape index (κ2) is 5.19. The van der Waals surface area contributed by atoms with Crippen molar-refractivity contribution in [1.29, 1.82) is 0 Å². The highest BCUT2D eigenvalue weighted by molar-refractivity contribution is 5.24. The largest absolute Gasteiger partial charge is 0.396 e. The van der Waals surface area contributed by atoms with Gasteiger partial charge in [0, 0.05) is 37.5 Å². The highest BCUT2D eigenvalue weighted by Gasteiger charge is 2.23. The molecule has 2 heterocycles. The lowest BCUT2D eigenvalue weighted by Crippen LogP contribution is -2.21. The van der Waals surface area contributed by atoms with Gasteiger partial charge >= 0.3 is 0 Å². The summed E-state index contributed by atoms with van der Waals surface area (Å²) in [7, 11) is 0. The van der Waals surface area contributed by atoms with Gasteiger partial charge in [0.05, 0.1) is 5.69 Å². The van der Waals surface area contributed by atoms with Crippen LogP contribution in [-0.2, 0) is 13.1 Å². The number of hydrogen-bond donors (Lipinski definition) is 1. The Morgan fingerprint density at radius 1 is 1.41 bits per heavy atom. The third kappa shape index (κ3) is 2.53. The van der Waals surface area contributed by atoms with Crippen LogP contribution in [0, 0.1) is 19.8 Å². The van der Waals surface area contributed by atoms with Crippen molar-refractivity contribution >= 4 is 0 Å². The van der Waals surface area contributed by atoms with Gasteiger partial charge in [-0.3, -0.25) is 9.58 Å². The SMILES string of the molecule is CCn1nc(C)c(CN2CCC(CO)C2)c1C. The Morgan fingerprint density at radius 3 is 2.71 bits per heavy atom. The maximum absolute atomic E-state index is 9.16. The summed E-state index contributed by atoms with van der Waals surface area (Å²) in [5, 5.41) is 13.7. The van der Waals surface area contributed by atoms with Crippen LogP contribution >= 0.6 is 0 Å². The fraction of sp³-hybridized carbons (Fsp3) is 0.769. The maximum atomic E-state index is 9.16. The molecule has 96 valence electrons. The third-order valence-electron chi connectivity index (χ3n) is 3.84. The molecule has 0 aromatic carbocycles. The molecule has 0 spiro atoms. The van der Waals surface area contributed by atoms with E-state index in [4.69, 9.17) is 5.11 Å². The van der Waals surface area contributed by atoms with Crippen LogP contribution in [0.15, 0.2) is 0 Å². The second-order valence-electron chi connectivity index (χ2n) is 5.04. The average molecular weight is 237 g/mol. The van der Waals surface area contributed by atoms with E-state index in [0.29, 0.717) is 12.5 Å². The summed E-state index contributed by atoms with van der Waals surface area (Å²) < 4.78 is 2.07. The molecule has 1 saturated heterocycles. The number of aromatic nitrogens is 2. The van der Waals surface area contributed by atoms with Crippen LogP contribution in [-0.4, -0.2) is 39.5 Å². The van der Waals surface area contributed by atoms with Crippen molar-refractivity contribution in [1.82, 2.24) is 14.7 Å². The Bertz CT molecular complexity index is 386. The summed E-state index contributed by atoms with van der Waals surface area (Å²) in [4.78, 5) is 2.43. The molecule has 0 aliphatic carbocycles.